The second-order valence-electron chi connectivity index (χ2n) is 6.75. The van der Waals surface area contributed by atoms with E-state index in [0.29, 0.717) is 18.0 Å². The second kappa shape index (κ2) is 11.1. The Kier molecular flexibility index (Phi) is 8.02. The van der Waals surface area contributed by atoms with E-state index < -0.39 is 0 Å². The van der Waals surface area contributed by atoms with Gasteiger partial charge in [0.2, 0.25) is 0 Å². The molecule has 0 aliphatic carbocycles. The Morgan fingerprint density at radius 2 is 1.53 bits per heavy atom. The molecule has 166 valence electrons. The van der Waals surface area contributed by atoms with Crippen LogP contribution < -0.4 is 19.5 Å². The third kappa shape index (κ3) is 5.54. The Morgan fingerprint density at radius 1 is 0.812 bits per heavy atom. The molecule has 1 aromatic heterocycles. The first kappa shape index (κ1) is 23.1. The van der Waals surface area contributed by atoms with Crippen LogP contribution in [0.3, 0.4) is 0 Å². The SMILES string of the molecule is COc1ccc(CNCc2ccc(Oc3nnnn3-c3ccccc3)c(OC)c2)cc1.Cl. The van der Waals surface area contributed by atoms with Gasteiger partial charge in [0.15, 0.2) is 11.5 Å². The van der Waals surface area contributed by atoms with Crippen molar-refractivity contribution in [3.05, 3.63) is 83.9 Å². The fourth-order valence-corrected chi connectivity index (χ4v) is 3.07. The van der Waals surface area contributed by atoms with Crippen molar-refractivity contribution in [2.24, 2.45) is 0 Å². The van der Waals surface area contributed by atoms with Crippen LogP contribution in [0.4, 0.5) is 0 Å². The lowest BCUT2D eigenvalue weighted by molar-refractivity contribution is 0.362. The number of benzene rings is 3. The summed E-state index contributed by atoms with van der Waals surface area (Å²) < 4.78 is 18.2. The van der Waals surface area contributed by atoms with Crippen molar-refractivity contribution < 1.29 is 14.2 Å². The predicted octanol–water partition coefficient (Wildman–Crippen LogP) is 4.18. The average Bonchev–Trinajstić information content (AvgIpc) is 3.29. The predicted molar refractivity (Wildman–Crippen MR) is 123 cm³/mol. The maximum absolute atomic E-state index is 5.95. The molecule has 1 heterocycles. The van der Waals surface area contributed by atoms with Crippen molar-refractivity contribution in [1.82, 2.24) is 25.5 Å². The lowest BCUT2D eigenvalue weighted by Crippen LogP contribution is -2.12. The molecule has 0 atom stereocenters. The van der Waals surface area contributed by atoms with Crippen LogP contribution in [0.25, 0.3) is 5.69 Å². The molecule has 9 heteroatoms. The molecule has 4 aromatic rings. The quantitative estimate of drug-likeness (QED) is 0.407. The Bertz CT molecular complexity index is 1120. The van der Waals surface area contributed by atoms with E-state index in [1.807, 2.05) is 72.8 Å². The molecule has 0 unspecified atom stereocenters. The Morgan fingerprint density at radius 3 is 2.25 bits per heavy atom. The lowest BCUT2D eigenvalue weighted by atomic mass is 10.2. The molecule has 0 bridgehead atoms. The minimum Gasteiger partial charge on any atom is -0.497 e. The minimum atomic E-state index is 0. The number of hydrogen-bond acceptors (Lipinski definition) is 7. The first-order chi connectivity index (χ1) is 15.3. The van der Waals surface area contributed by atoms with Crippen molar-refractivity contribution in [1.29, 1.82) is 0 Å². The number of tetrazole rings is 1. The molecule has 0 fully saturated rings. The van der Waals surface area contributed by atoms with Crippen molar-refractivity contribution in [2.75, 3.05) is 14.2 Å². The maximum Gasteiger partial charge on any atom is 0.346 e. The van der Waals surface area contributed by atoms with Crippen LogP contribution in [0.1, 0.15) is 11.1 Å². The van der Waals surface area contributed by atoms with Gasteiger partial charge in [0.05, 0.1) is 19.9 Å². The molecule has 3 aromatic carbocycles. The highest BCUT2D eigenvalue weighted by Crippen LogP contribution is 2.32. The standard InChI is InChI=1S/C23H23N5O3.ClH/c1-29-20-11-8-17(9-12-20)15-24-16-18-10-13-21(22(14-18)30-2)31-23-25-26-27-28(23)19-6-4-3-5-7-19;/h3-14,24H,15-16H2,1-2H3;1H. The average molecular weight is 454 g/mol. The summed E-state index contributed by atoms with van der Waals surface area (Å²) >= 11 is 0. The first-order valence-electron chi connectivity index (χ1n) is 9.79. The van der Waals surface area contributed by atoms with Crippen LogP contribution in [0.2, 0.25) is 0 Å². The summed E-state index contributed by atoms with van der Waals surface area (Å²) in [5.41, 5.74) is 3.06. The zero-order valence-corrected chi connectivity index (χ0v) is 18.6. The van der Waals surface area contributed by atoms with Gasteiger partial charge >= 0.3 is 6.01 Å². The number of nitrogens with one attached hydrogen (secondary N) is 1. The van der Waals surface area contributed by atoms with E-state index in [1.54, 1.807) is 14.2 Å². The molecule has 0 radical (unpaired) electrons. The van der Waals surface area contributed by atoms with Gasteiger partial charge in [-0.05, 0) is 58.0 Å². The smallest absolute Gasteiger partial charge is 0.346 e. The minimum absolute atomic E-state index is 0. The van der Waals surface area contributed by atoms with Crippen LogP contribution in [0.15, 0.2) is 72.8 Å². The summed E-state index contributed by atoms with van der Waals surface area (Å²) in [5, 5.41) is 15.1. The highest BCUT2D eigenvalue weighted by atomic mass is 35.5. The Labute approximate surface area is 192 Å². The highest BCUT2D eigenvalue weighted by molar-refractivity contribution is 5.85. The van der Waals surface area contributed by atoms with Gasteiger partial charge in [0, 0.05) is 13.1 Å². The summed E-state index contributed by atoms with van der Waals surface area (Å²) in [4.78, 5) is 0. The molecule has 0 saturated carbocycles. The normalized spacial score (nSPS) is 10.3. The van der Waals surface area contributed by atoms with E-state index in [0.717, 1.165) is 23.5 Å². The van der Waals surface area contributed by atoms with E-state index >= 15 is 0 Å². The van der Waals surface area contributed by atoms with Gasteiger partial charge in [-0.1, -0.05) is 41.5 Å². The van der Waals surface area contributed by atoms with Crippen molar-refractivity contribution in [2.45, 2.75) is 13.1 Å². The van der Waals surface area contributed by atoms with Crippen LogP contribution in [-0.4, -0.2) is 34.4 Å². The zero-order valence-electron chi connectivity index (χ0n) is 17.8. The summed E-state index contributed by atoms with van der Waals surface area (Å²) in [6, 6.07) is 23.6. The molecule has 1 N–H and O–H groups in total. The van der Waals surface area contributed by atoms with Gasteiger partial charge < -0.3 is 19.5 Å². The molecule has 0 amide bonds. The number of methoxy groups -OCH3 is 2. The van der Waals surface area contributed by atoms with Crippen molar-refractivity contribution >= 4 is 12.4 Å². The topological polar surface area (TPSA) is 83.3 Å². The Balaban J connectivity index is 0.00000289. The highest BCUT2D eigenvalue weighted by Gasteiger charge is 2.14. The molecule has 0 saturated heterocycles. The van der Waals surface area contributed by atoms with Gasteiger partial charge in [0.25, 0.3) is 0 Å². The Hall–Kier alpha value is -3.62. The number of rotatable bonds is 9. The zero-order chi connectivity index (χ0) is 21.5. The summed E-state index contributed by atoms with van der Waals surface area (Å²) in [6.07, 6.45) is 0. The third-order valence-corrected chi connectivity index (χ3v) is 4.69. The van der Waals surface area contributed by atoms with Gasteiger partial charge in [0.1, 0.15) is 5.75 Å². The van der Waals surface area contributed by atoms with E-state index in [1.165, 1.54) is 10.2 Å². The number of halogens is 1. The number of para-hydroxylation sites is 1. The second-order valence-corrected chi connectivity index (χ2v) is 6.75. The van der Waals surface area contributed by atoms with E-state index in [-0.39, 0.29) is 18.4 Å². The van der Waals surface area contributed by atoms with Crippen LogP contribution >= 0.6 is 12.4 Å². The molecule has 32 heavy (non-hydrogen) atoms. The number of hydrogen-bond donors (Lipinski definition) is 1. The molecule has 8 nitrogen and oxygen atoms in total. The van der Waals surface area contributed by atoms with Gasteiger partial charge in [-0.3, -0.25) is 0 Å². The van der Waals surface area contributed by atoms with Gasteiger partial charge in [-0.15, -0.1) is 12.4 Å². The third-order valence-electron chi connectivity index (χ3n) is 4.69. The lowest BCUT2D eigenvalue weighted by Gasteiger charge is -2.12. The molecule has 0 aliphatic rings. The molecule has 0 spiro atoms. The fraction of sp³-hybridized carbons (Fsp3) is 0.174. The van der Waals surface area contributed by atoms with Crippen LogP contribution in [0.5, 0.6) is 23.3 Å². The summed E-state index contributed by atoms with van der Waals surface area (Å²) in [6.45, 7) is 1.43. The van der Waals surface area contributed by atoms with E-state index in [9.17, 15) is 0 Å². The van der Waals surface area contributed by atoms with Crippen LogP contribution in [0, 0.1) is 0 Å². The molecular formula is C23H24ClN5O3. The van der Waals surface area contributed by atoms with Gasteiger partial charge in [-0.25, -0.2) is 0 Å². The monoisotopic (exact) mass is 453 g/mol. The molecule has 4 rings (SSSR count). The molecular weight excluding hydrogens is 430 g/mol. The fourth-order valence-electron chi connectivity index (χ4n) is 3.07. The molecule has 0 aliphatic heterocycles. The van der Waals surface area contributed by atoms with Crippen molar-refractivity contribution in [3.63, 3.8) is 0 Å². The van der Waals surface area contributed by atoms with Crippen molar-refractivity contribution in [3.8, 4) is 28.9 Å². The number of ether oxygens (including phenoxy) is 3. The summed E-state index contributed by atoms with van der Waals surface area (Å²) in [5.74, 6) is 1.99. The van der Waals surface area contributed by atoms with Gasteiger partial charge in [-0.2, -0.15) is 4.68 Å². The van der Waals surface area contributed by atoms with Crippen LogP contribution in [-0.2, 0) is 13.1 Å². The number of nitrogens with zero attached hydrogens (tertiary/aromatic N) is 4. The maximum atomic E-state index is 5.95. The van der Waals surface area contributed by atoms with E-state index in [4.69, 9.17) is 14.2 Å². The van der Waals surface area contributed by atoms with E-state index in [2.05, 4.69) is 20.8 Å². The first-order valence-corrected chi connectivity index (χ1v) is 9.79. The summed E-state index contributed by atoms with van der Waals surface area (Å²) in [7, 11) is 3.27. The number of aromatic nitrogens is 4. The largest absolute Gasteiger partial charge is 0.497 e.